The number of aldehydes is 1. The van der Waals surface area contributed by atoms with Crippen LogP contribution < -0.4 is 0 Å². The molecule has 0 spiro atoms. The number of hydrogen-bond donors (Lipinski definition) is 0. The molecule has 0 radical (unpaired) electrons. The van der Waals surface area contributed by atoms with Crippen molar-refractivity contribution < 1.29 is 4.79 Å². The van der Waals surface area contributed by atoms with E-state index in [0.29, 0.717) is 0 Å². The molecule has 0 amide bonds. The average molecular weight is 259 g/mol. The second kappa shape index (κ2) is 4.65. The number of carbonyl (C=O) groups is 1. The highest BCUT2D eigenvalue weighted by atomic mass is 32.1. The molecule has 0 unspecified atom stereocenters. The zero-order valence-electron chi connectivity index (χ0n) is 11.4. The van der Waals surface area contributed by atoms with Crippen molar-refractivity contribution in [2.75, 3.05) is 0 Å². The molecule has 3 heteroatoms. The van der Waals surface area contributed by atoms with Crippen molar-refractivity contribution in [2.45, 2.75) is 34.6 Å². The van der Waals surface area contributed by atoms with Gasteiger partial charge in [-0.05, 0) is 56.9 Å². The van der Waals surface area contributed by atoms with E-state index < -0.39 is 0 Å². The third-order valence-corrected chi connectivity index (χ3v) is 4.37. The second-order valence-corrected chi connectivity index (χ2v) is 5.93. The predicted molar refractivity (Wildman–Crippen MR) is 76.6 cm³/mol. The van der Waals surface area contributed by atoms with Gasteiger partial charge in [0, 0.05) is 5.56 Å². The van der Waals surface area contributed by atoms with Crippen molar-refractivity contribution in [1.82, 2.24) is 4.98 Å². The Hall–Kier alpha value is -1.48. The number of thiazole rings is 1. The van der Waals surface area contributed by atoms with E-state index in [2.05, 4.69) is 38.7 Å². The molecule has 0 aliphatic rings. The van der Waals surface area contributed by atoms with Crippen molar-refractivity contribution >= 4 is 17.6 Å². The molecule has 2 rings (SSSR count). The summed E-state index contributed by atoms with van der Waals surface area (Å²) in [4.78, 5) is 16.4. The summed E-state index contributed by atoms with van der Waals surface area (Å²) in [5, 5.41) is 0.935. The molecular weight excluding hydrogens is 242 g/mol. The largest absolute Gasteiger partial charge is 0.297 e. The van der Waals surface area contributed by atoms with Crippen LogP contribution in [0.5, 0.6) is 0 Å². The summed E-state index contributed by atoms with van der Waals surface area (Å²) >= 11 is 1.46. The predicted octanol–water partition coefficient (Wildman–Crippen LogP) is 4.16. The standard InChI is InChI=1S/C15H17NOS/c1-8-6-9(2)11(4)14(10(8)3)15-13(7-17)18-12(5)16-15/h6-7H,1-5H3. The van der Waals surface area contributed by atoms with Gasteiger partial charge in [0.15, 0.2) is 6.29 Å². The van der Waals surface area contributed by atoms with Crippen LogP contribution in [0.3, 0.4) is 0 Å². The van der Waals surface area contributed by atoms with Crippen molar-refractivity contribution in [1.29, 1.82) is 0 Å². The lowest BCUT2D eigenvalue weighted by molar-refractivity contribution is 0.112. The smallest absolute Gasteiger partial charge is 0.162 e. The summed E-state index contributed by atoms with van der Waals surface area (Å²) in [6.07, 6.45) is 0.913. The van der Waals surface area contributed by atoms with Crippen LogP contribution in [0.4, 0.5) is 0 Å². The molecule has 2 aromatic rings. The van der Waals surface area contributed by atoms with E-state index >= 15 is 0 Å². The maximum Gasteiger partial charge on any atom is 0.162 e. The summed E-state index contributed by atoms with van der Waals surface area (Å²) in [5.74, 6) is 0. The second-order valence-electron chi connectivity index (χ2n) is 4.70. The lowest BCUT2D eigenvalue weighted by Gasteiger charge is -2.14. The number of benzene rings is 1. The summed E-state index contributed by atoms with van der Waals surface area (Å²) in [5.41, 5.74) is 6.89. The first-order chi connectivity index (χ1) is 8.45. The van der Waals surface area contributed by atoms with Crippen LogP contribution in [0.1, 0.15) is 36.9 Å². The molecule has 0 saturated carbocycles. The van der Waals surface area contributed by atoms with Crippen molar-refractivity contribution in [2.24, 2.45) is 0 Å². The summed E-state index contributed by atoms with van der Waals surface area (Å²) in [6.45, 7) is 10.3. The Morgan fingerprint density at radius 3 is 2.11 bits per heavy atom. The van der Waals surface area contributed by atoms with Gasteiger partial charge in [-0.1, -0.05) is 6.07 Å². The summed E-state index contributed by atoms with van der Waals surface area (Å²) in [6, 6.07) is 2.19. The van der Waals surface area contributed by atoms with Gasteiger partial charge in [-0.15, -0.1) is 11.3 Å². The zero-order chi connectivity index (χ0) is 13.4. The SMILES string of the molecule is Cc1nc(-c2c(C)c(C)cc(C)c2C)c(C=O)s1. The minimum atomic E-state index is 0.726. The zero-order valence-corrected chi connectivity index (χ0v) is 12.2. The van der Waals surface area contributed by atoms with Gasteiger partial charge < -0.3 is 0 Å². The third-order valence-electron chi connectivity index (χ3n) is 3.47. The van der Waals surface area contributed by atoms with E-state index in [9.17, 15) is 4.79 Å². The molecule has 0 bridgehead atoms. The first-order valence-electron chi connectivity index (χ1n) is 5.96. The molecule has 0 fully saturated rings. The molecule has 0 N–H and O–H groups in total. The topological polar surface area (TPSA) is 30.0 Å². The van der Waals surface area contributed by atoms with E-state index in [1.54, 1.807) is 0 Å². The molecule has 94 valence electrons. The third kappa shape index (κ3) is 1.99. The van der Waals surface area contributed by atoms with Gasteiger partial charge in [0.05, 0.1) is 15.6 Å². The molecular formula is C15H17NOS. The summed E-state index contributed by atoms with van der Waals surface area (Å²) < 4.78 is 0. The fourth-order valence-electron chi connectivity index (χ4n) is 2.27. The lowest BCUT2D eigenvalue weighted by atomic mass is 9.92. The Balaban J connectivity index is 2.81. The van der Waals surface area contributed by atoms with Crippen LogP contribution in [-0.4, -0.2) is 11.3 Å². The molecule has 1 aromatic carbocycles. The van der Waals surface area contributed by atoms with Gasteiger partial charge in [-0.2, -0.15) is 0 Å². The Bertz CT molecular complexity index is 600. The highest BCUT2D eigenvalue weighted by molar-refractivity contribution is 7.13. The maximum absolute atomic E-state index is 11.2. The van der Waals surface area contributed by atoms with E-state index in [-0.39, 0.29) is 0 Å². The van der Waals surface area contributed by atoms with Gasteiger partial charge in [-0.25, -0.2) is 4.98 Å². The molecule has 18 heavy (non-hydrogen) atoms. The van der Waals surface area contributed by atoms with Crippen LogP contribution >= 0.6 is 11.3 Å². The Morgan fingerprint density at radius 2 is 1.61 bits per heavy atom. The minimum absolute atomic E-state index is 0.726. The normalized spacial score (nSPS) is 10.7. The van der Waals surface area contributed by atoms with Crippen molar-refractivity contribution in [3.05, 3.63) is 38.2 Å². The van der Waals surface area contributed by atoms with Crippen LogP contribution in [0.25, 0.3) is 11.3 Å². The molecule has 1 aromatic heterocycles. The molecule has 0 aliphatic carbocycles. The van der Waals surface area contributed by atoms with Crippen LogP contribution in [0.15, 0.2) is 6.07 Å². The molecule has 0 aliphatic heterocycles. The first kappa shape index (κ1) is 13.0. The monoisotopic (exact) mass is 259 g/mol. The number of carbonyl (C=O) groups excluding carboxylic acids is 1. The maximum atomic E-state index is 11.2. The number of nitrogens with zero attached hydrogens (tertiary/aromatic N) is 1. The van der Waals surface area contributed by atoms with Gasteiger partial charge in [-0.3, -0.25) is 4.79 Å². The Morgan fingerprint density at radius 1 is 1.06 bits per heavy atom. The highest BCUT2D eigenvalue weighted by Crippen LogP contribution is 2.34. The van der Waals surface area contributed by atoms with E-state index in [1.807, 2.05) is 6.92 Å². The van der Waals surface area contributed by atoms with Crippen LogP contribution in [0, 0.1) is 34.6 Å². The fourth-order valence-corrected chi connectivity index (χ4v) is 3.02. The van der Waals surface area contributed by atoms with Gasteiger partial charge in [0.1, 0.15) is 0 Å². The first-order valence-corrected chi connectivity index (χ1v) is 6.77. The average Bonchev–Trinajstić information content (AvgIpc) is 2.68. The molecule has 1 heterocycles. The lowest BCUT2D eigenvalue weighted by Crippen LogP contribution is -1.97. The fraction of sp³-hybridized carbons (Fsp3) is 0.333. The van der Waals surface area contributed by atoms with Gasteiger partial charge in [0.25, 0.3) is 0 Å². The Labute approximate surface area is 112 Å². The summed E-state index contributed by atoms with van der Waals surface area (Å²) in [7, 11) is 0. The number of aromatic nitrogens is 1. The van der Waals surface area contributed by atoms with E-state index in [1.165, 1.54) is 33.6 Å². The molecule has 0 atom stereocenters. The molecule has 2 nitrogen and oxygen atoms in total. The quantitative estimate of drug-likeness (QED) is 0.758. The van der Waals surface area contributed by atoms with Crippen LogP contribution in [0.2, 0.25) is 0 Å². The molecule has 0 saturated heterocycles. The van der Waals surface area contributed by atoms with E-state index in [4.69, 9.17) is 0 Å². The van der Waals surface area contributed by atoms with E-state index in [0.717, 1.165) is 27.4 Å². The highest BCUT2D eigenvalue weighted by Gasteiger charge is 2.17. The number of hydrogen-bond acceptors (Lipinski definition) is 3. The minimum Gasteiger partial charge on any atom is -0.297 e. The number of aryl methyl sites for hydroxylation is 3. The van der Waals surface area contributed by atoms with Crippen molar-refractivity contribution in [3.8, 4) is 11.3 Å². The van der Waals surface area contributed by atoms with Gasteiger partial charge in [0.2, 0.25) is 0 Å². The number of rotatable bonds is 2. The van der Waals surface area contributed by atoms with Crippen molar-refractivity contribution in [3.63, 3.8) is 0 Å². The van der Waals surface area contributed by atoms with Gasteiger partial charge >= 0.3 is 0 Å². The van der Waals surface area contributed by atoms with Crippen LogP contribution in [-0.2, 0) is 0 Å². The Kier molecular flexibility index (Phi) is 3.35.